The number of benzene rings is 2. The maximum Gasteiger partial charge on any atom is 0.188 e. The molecular weight excluding hydrogens is 354 g/mol. The minimum atomic E-state index is -1.51. The van der Waals surface area contributed by atoms with Crippen molar-refractivity contribution in [1.82, 2.24) is 4.90 Å². The van der Waals surface area contributed by atoms with Gasteiger partial charge in [0.15, 0.2) is 10.7 Å². The molecule has 0 aliphatic carbocycles. The molecule has 0 amide bonds. The fourth-order valence-electron chi connectivity index (χ4n) is 2.93. The third-order valence-electron chi connectivity index (χ3n) is 4.27. The average Bonchev–Trinajstić information content (AvgIpc) is 2.50. The van der Waals surface area contributed by atoms with Crippen molar-refractivity contribution in [2.24, 2.45) is 5.92 Å². The lowest BCUT2D eigenvalue weighted by Gasteiger charge is -2.39. The van der Waals surface area contributed by atoms with Gasteiger partial charge < -0.3 is 9.45 Å². The summed E-state index contributed by atoms with van der Waals surface area (Å²) >= 11 is -1.51. The monoisotopic (exact) mass is 371 g/mol. The maximum absolute atomic E-state index is 13.6. The van der Waals surface area contributed by atoms with Crippen LogP contribution in [0.15, 0.2) is 41.3 Å². The Balaban J connectivity index is 1.45. The van der Waals surface area contributed by atoms with Crippen molar-refractivity contribution < 1.29 is 22.1 Å². The molecule has 3 rings (SSSR count). The van der Waals surface area contributed by atoms with E-state index in [2.05, 4.69) is 4.90 Å². The Bertz CT molecular complexity index is 752. The third-order valence-corrected chi connectivity index (χ3v) is 5.87. The first kappa shape index (κ1) is 18.2. The molecule has 1 atom stereocenters. The van der Waals surface area contributed by atoms with Crippen LogP contribution in [0.3, 0.4) is 0 Å². The van der Waals surface area contributed by atoms with Crippen LogP contribution in [0.1, 0.15) is 5.56 Å². The molecule has 1 fully saturated rings. The Morgan fingerprint density at radius 2 is 1.60 bits per heavy atom. The van der Waals surface area contributed by atoms with E-state index in [1.807, 2.05) is 0 Å². The predicted molar refractivity (Wildman–Crippen MR) is 87.6 cm³/mol. The summed E-state index contributed by atoms with van der Waals surface area (Å²) in [6.45, 7) is 2.01. The zero-order chi connectivity index (χ0) is 18.0. The second-order valence-corrected chi connectivity index (χ2v) is 7.66. The van der Waals surface area contributed by atoms with Gasteiger partial charge in [0.1, 0.15) is 23.2 Å². The lowest BCUT2D eigenvalue weighted by Crippen LogP contribution is -2.50. The van der Waals surface area contributed by atoms with Crippen molar-refractivity contribution in [2.75, 3.05) is 25.4 Å². The van der Waals surface area contributed by atoms with Crippen molar-refractivity contribution in [3.05, 3.63) is 65.2 Å². The zero-order valence-electron chi connectivity index (χ0n) is 13.4. The van der Waals surface area contributed by atoms with Crippen molar-refractivity contribution >= 4 is 11.2 Å². The lowest BCUT2D eigenvalue weighted by molar-refractivity contribution is 0.116. The summed E-state index contributed by atoms with van der Waals surface area (Å²) in [5.41, 5.74) is 0.460. The van der Waals surface area contributed by atoms with Gasteiger partial charge in [-0.3, -0.25) is 0 Å². The molecular formula is C18H17F4NOS. The van der Waals surface area contributed by atoms with Gasteiger partial charge >= 0.3 is 0 Å². The van der Waals surface area contributed by atoms with Gasteiger partial charge in [0.2, 0.25) is 0 Å². The minimum Gasteiger partial charge on any atom is -0.611 e. The number of hydrogen-bond donors (Lipinski definition) is 0. The Morgan fingerprint density at radius 1 is 0.960 bits per heavy atom. The highest BCUT2D eigenvalue weighted by molar-refractivity contribution is 7.91. The van der Waals surface area contributed by atoms with E-state index >= 15 is 0 Å². The second-order valence-electron chi connectivity index (χ2n) is 6.20. The van der Waals surface area contributed by atoms with Crippen LogP contribution in [0, 0.1) is 29.2 Å². The smallest absolute Gasteiger partial charge is 0.188 e. The summed E-state index contributed by atoms with van der Waals surface area (Å²) in [6, 6.07) is 6.59. The van der Waals surface area contributed by atoms with E-state index in [0.717, 1.165) is 18.2 Å². The highest BCUT2D eigenvalue weighted by Crippen LogP contribution is 2.24. The van der Waals surface area contributed by atoms with Gasteiger partial charge in [0, 0.05) is 37.7 Å². The Labute approximate surface area is 146 Å². The summed E-state index contributed by atoms with van der Waals surface area (Å²) in [5, 5.41) is 0. The molecule has 1 unspecified atom stereocenters. The average molecular weight is 371 g/mol. The number of nitrogens with zero attached hydrogens (tertiary/aromatic N) is 1. The Kier molecular flexibility index (Phi) is 5.66. The van der Waals surface area contributed by atoms with Crippen LogP contribution in [0.5, 0.6) is 0 Å². The Hall–Kier alpha value is -1.57. The molecule has 1 heterocycles. The molecule has 0 aromatic heterocycles. The fourth-order valence-corrected chi connectivity index (χ4v) is 4.25. The molecule has 25 heavy (non-hydrogen) atoms. The first-order valence-electron chi connectivity index (χ1n) is 7.92. The van der Waals surface area contributed by atoms with Crippen LogP contribution in [0.4, 0.5) is 17.6 Å². The fraction of sp³-hybridized carbons (Fsp3) is 0.333. The van der Waals surface area contributed by atoms with Crippen molar-refractivity contribution in [3.63, 3.8) is 0 Å². The van der Waals surface area contributed by atoms with Gasteiger partial charge in [-0.15, -0.1) is 0 Å². The number of halogens is 4. The van der Waals surface area contributed by atoms with Crippen LogP contribution in [-0.2, 0) is 17.6 Å². The second kappa shape index (κ2) is 7.76. The van der Waals surface area contributed by atoms with Gasteiger partial charge in [0.25, 0.3) is 0 Å². The van der Waals surface area contributed by atoms with Gasteiger partial charge in [-0.1, -0.05) is 6.07 Å². The van der Waals surface area contributed by atoms with Crippen LogP contribution < -0.4 is 0 Å². The summed E-state index contributed by atoms with van der Waals surface area (Å²) in [7, 11) is 0. The molecule has 0 saturated carbocycles. The van der Waals surface area contributed by atoms with E-state index in [4.69, 9.17) is 0 Å². The van der Waals surface area contributed by atoms with E-state index in [9.17, 15) is 22.1 Å². The number of likely N-dealkylation sites (tertiary alicyclic amines) is 1. The standard InChI is InChI=1S/C18H17F4NOS/c19-14-2-1-13(16(21)7-14)5-6-23-9-12(10-23)11-25(24)18-4-3-15(20)8-17(18)22/h1-4,7-8,12H,5-6,9-11H2. The van der Waals surface area contributed by atoms with E-state index in [0.29, 0.717) is 37.4 Å². The number of hydrogen-bond acceptors (Lipinski definition) is 2. The maximum atomic E-state index is 13.6. The van der Waals surface area contributed by atoms with E-state index in [1.165, 1.54) is 18.2 Å². The highest BCUT2D eigenvalue weighted by Gasteiger charge is 2.32. The molecule has 2 aromatic rings. The molecule has 2 nitrogen and oxygen atoms in total. The van der Waals surface area contributed by atoms with Crippen molar-refractivity contribution in [2.45, 2.75) is 11.3 Å². The van der Waals surface area contributed by atoms with Gasteiger partial charge in [-0.05, 0) is 41.4 Å². The quantitative estimate of drug-likeness (QED) is 0.574. The number of rotatable bonds is 6. The minimum absolute atomic E-state index is 0.0215. The SMILES string of the molecule is [O-][S+](CC1CN(CCc2ccc(F)cc2F)C1)c1ccc(F)cc1F. The Morgan fingerprint density at radius 3 is 2.24 bits per heavy atom. The molecule has 0 N–H and O–H groups in total. The molecule has 2 aromatic carbocycles. The molecule has 7 heteroatoms. The van der Waals surface area contributed by atoms with E-state index in [1.54, 1.807) is 0 Å². The zero-order valence-corrected chi connectivity index (χ0v) is 14.2. The molecule has 0 bridgehead atoms. The van der Waals surface area contributed by atoms with E-state index in [-0.39, 0.29) is 10.8 Å². The predicted octanol–water partition coefficient (Wildman–Crippen LogP) is 3.53. The first-order valence-corrected chi connectivity index (χ1v) is 9.24. The largest absolute Gasteiger partial charge is 0.611 e. The first-order chi connectivity index (χ1) is 11.9. The molecule has 1 aliphatic rings. The van der Waals surface area contributed by atoms with Gasteiger partial charge in [-0.25, -0.2) is 17.6 Å². The van der Waals surface area contributed by atoms with E-state index < -0.39 is 34.4 Å². The third kappa shape index (κ3) is 4.54. The normalized spacial score (nSPS) is 16.7. The van der Waals surface area contributed by atoms with Crippen LogP contribution in [0.25, 0.3) is 0 Å². The molecule has 1 saturated heterocycles. The summed E-state index contributed by atoms with van der Waals surface area (Å²) < 4.78 is 65.1. The van der Waals surface area contributed by atoms with Crippen LogP contribution in [-0.4, -0.2) is 34.8 Å². The molecule has 0 spiro atoms. The summed E-state index contributed by atoms with van der Waals surface area (Å²) in [6.07, 6.45) is 0.467. The summed E-state index contributed by atoms with van der Waals surface area (Å²) in [4.78, 5) is 2.10. The lowest BCUT2D eigenvalue weighted by atomic mass is 10.0. The van der Waals surface area contributed by atoms with Crippen molar-refractivity contribution in [1.29, 1.82) is 0 Å². The topological polar surface area (TPSA) is 26.3 Å². The van der Waals surface area contributed by atoms with Crippen LogP contribution >= 0.6 is 0 Å². The summed E-state index contributed by atoms with van der Waals surface area (Å²) in [5.74, 6) is -2.17. The van der Waals surface area contributed by atoms with Gasteiger partial charge in [0.05, 0.1) is 0 Å². The highest BCUT2D eigenvalue weighted by atomic mass is 32.2. The van der Waals surface area contributed by atoms with Gasteiger partial charge in [-0.2, -0.15) is 0 Å². The molecule has 0 radical (unpaired) electrons. The van der Waals surface area contributed by atoms with Crippen molar-refractivity contribution in [3.8, 4) is 0 Å². The molecule has 1 aliphatic heterocycles. The molecule has 134 valence electrons. The van der Waals surface area contributed by atoms with Crippen LogP contribution in [0.2, 0.25) is 0 Å².